The fourth-order valence-corrected chi connectivity index (χ4v) is 4.02. The molecule has 1 aromatic carbocycles. The standard InChI is InChI=1S/C20H32N2O2/c1-15(2)12-20(19(23)24,18-6-4-5-7-18)22-14-17-10-8-16(9-11-17)13-21-3/h8-11,15,18,21-22H,4-7,12-14H2,1-3H3,(H,23,24)/t20-/m1/s1. The number of aliphatic carboxylic acids is 1. The molecule has 1 aliphatic carbocycles. The first-order valence-electron chi connectivity index (χ1n) is 9.18. The van der Waals surface area contributed by atoms with E-state index in [4.69, 9.17) is 0 Å². The fraction of sp³-hybridized carbons (Fsp3) is 0.650. The summed E-state index contributed by atoms with van der Waals surface area (Å²) >= 11 is 0. The van der Waals surface area contributed by atoms with E-state index in [1.165, 1.54) is 5.56 Å². The average Bonchev–Trinajstić information content (AvgIpc) is 3.07. The maximum atomic E-state index is 12.2. The molecule has 1 atom stereocenters. The molecule has 0 aromatic heterocycles. The van der Waals surface area contributed by atoms with Crippen LogP contribution in [0, 0.1) is 11.8 Å². The minimum atomic E-state index is -0.797. The number of nitrogens with one attached hydrogen (secondary N) is 2. The Balaban J connectivity index is 2.13. The Hall–Kier alpha value is -1.39. The Morgan fingerprint density at radius 1 is 1.17 bits per heavy atom. The van der Waals surface area contributed by atoms with Crippen molar-refractivity contribution < 1.29 is 9.90 Å². The molecule has 3 N–H and O–H groups in total. The number of carbonyl (C=O) groups is 1. The third-order valence-electron chi connectivity index (χ3n) is 5.18. The zero-order chi connectivity index (χ0) is 17.6. The van der Waals surface area contributed by atoms with Crippen molar-refractivity contribution in [3.05, 3.63) is 35.4 Å². The van der Waals surface area contributed by atoms with Crippen molar-refractivity contribution in [3.63, 3.8) is 0 Å². The van der Waals surface area contributed by atoms with Gasteiger partial charge in [-0.15, -0.1) is 0 Å². The lowest BCUT2D eigenvalue weighted by Crippen LogP contribution is -2.57. The number of carboxylic acid groups (broad SMARTS) is 1. The Kier molecular flexibility index (Phi) is 6.81. The highest BCUT2D eigenvalue weighted by Crippen LogP contribution is 2.38. The zero-order valence-corrected chi connectivity index (χ0v) is 15.3. The summed E-state index contributed by atoms with van der Waals surface area (Å²) in [5.74, 6) is -0.0944. The second-order valence-corrected chi connectivity index (χ2v) is 7.56. The second kappa shape index (κ2) is 8.63. The van der Waals surface area contributed by atoms with Crippen molar-refractivity contribution in [2.24, 2.45) is 11.8 Å². The lowest BCUT2D eigenvalue weighted by atomic mass is 9.76. The minimum Gasteiger partial charge on any atom is -0.480 e. The molecule has 0 unspecified atom stereocenters. The van der Waals surface area contributed by atoms with Gasteiger partial charge >= 0.3 is 5.97 Å². The molecule has 2 rings (SSSR count). The monoisotopic (exact) mass is 332 g/mol. The van der Waals surface area contributed by atoms with Gasteiger partial charge in [0.15, 0.2) is 0 Å². The SMILES string of the molecule is CNCc1ccc(CN[C@@](CC(C)C)(C(=O)O)C2CCCC2)cc1. The molecule has 1 fully saturated rings. The van der Waals surface area contributed by atoms with Gasteiger partial charge in [-0.25, -0.2) is 0 Å². The van der Waals surface area contributed by atoms with Crippen molar-refractivity contribution in [2.45, 2.75) is 64.6 Å². The van der Waals surface area contributed by atoms with E-state index >= 15 is 0 Å². The van der Waals surface area contributed by atoms with Crippen LogP contribution in [0.5, 0.6) is 0 Å². The van der Waals surface area contributed by atoms with Gasteiger partial charge in [-0.05, 0) is 49.3 Å². The van der Waals surface area contributed by atoms with E-state index in [-0.39, 0.29) is 5.92 Å². The summed E-state index contributed by atoms with van der Waals surface area (Å²) < 4.78 is 0. The third kappa shape index (κ3) is 4.58. The molecule has 24 heavy (non-hydrogen) atoms. The summed E-state index contributed by atoms with van der Waals surface area (Å²) in [6, 6.07) is 8.40. The number of hydrogen-bond donors (Lipinski definition) is 3. The van der Waals surface area contributed by atoms with Gasteiger partial charge in [-0.3, -0.25) is 10.1 Å². The molecule has 0 radical (unpaired) electrons. The molecule has 0 aliphatic heterocycles. The van der Waals surface area contributed by atoms with E-state index in [9.17, 15) is 9.90 Å². The van der Waals surface area contributed by atoms with Gasteiger partial charge in [-0.2, -0.15) is 0 Å². The molecular formula is C20H32N2O2. The van der Waals surface area contributed by atoms with E-state index in [1.54, 1.807) is 0 Å². The van der Waals surface area contributed by atoms with Gasteiger partial charge < -0.3 is 10.4 Å². The minimum absolute atomic E-state index is 0.237. The van der Waals surface area contributed by atoms with E-state index in [0.29, 0.717) is 18.9 Å². The van der Waals surface area contributed by atoms with Crippen LogP contribution in [0.15, 0.2) is 24.3 Å². The van der Waals surface area contributed by atoms with Crippen LogP contribution in [0.3, 0.4) is 0 Å². The molecule has 4 heteroatoms. The second-order valence-electron chi connectivity index (χ2n) is 7.56. The predicted molar refractivity (Wildman–Crippen MR) is 97.8 cm³/mol. The van der Waals surface area contributed by atoms with Gasteiger partial charge in [0, 0.05) is 13.1 Å². The molecule has 4 nitrogen and oxygen atoms in total. The maximum absolute atomic E-state index is 12.2. The summed E-state index contributed by atoms with van der Waals surface area (Å²) in [7, 11) is 1.93. The van der Waals surface area contributed by atoms with E-state index in [2.05, 4.69) is 48.7 Å². The zero-order valence-electron chi connectivity index (χ0n) is 15.3. The topological polar surface area (TPSA) is 61.4 Å². The smallest absolute Gasteiger partial charge is 0.324 e. The van der Waals surface area contributed by atoms with Crippen LogP contribution < -0.4 is 10.6 Å². The molecular weight excluding hydrogens is 300 g/mol. The lowest BCUT2D eigenvalue weighted by molar-refractivity contribution is -0.148. The van der Waals surface area contributed by atoms with Crippen LogP contribution >= 0.6 is 0 Å². The summed E-state index contributed by atoms with van der Waals surface area (Å²) in [6.07, 6.45) is 5.03. The number of benzene rings is 1. The highest BCUT2D eigenvalue weighted by molar-refractivity contribution is 5.79. The van der Waals surface area contributed by atoms with Gasteiger partial charge in [0.1, 0.15) is 5.54 Å². The predicted octanol–water partition coefficient (Wildman–Crippen LogP) is 3.56. The normalized spacial score (nSPS) is 18.0. The Bertz CT molecular complexity index is 521. The fourth-order valence-electron chi connectivity index (χ4n) is 4.02. The van der Waals surface area contributed by atoms with Crippen LogP contribution in [0.2, 0.25) is 0 Å². The Morgan fingerprint density at radius 3 is 2.17 bits per heavy atom. The molecule has 1 aliphatic rings. The van der Waals surface area contributed by atoms with Gasteiger partial charge in [0.05, 0.1) is 0 Å². The number of carboxylic acids is 1. The first-order chi connectivity index (χ1) is 11.5. The molecule has 0 bridgehead atoms. The Labute approximate surface area is 146 Å². The summed E-state index contributed by atoms with van der Waals surface area (Å²) in [6.45, 7) is 5.68. The number of rotatable bonds is 9. The molecule has 1 aromatic rings. The Morgan fingerprint density at radius 2 is 1.71 bits per heavy atom. The van der Waals surface area contributed by atoms with Crippen molar-refractivity contribution in [1.29, 1.82) is 0 Å². The molecule has 0 spiro atoms. The number of hydrogen-bond acceptors (Lipinski definition) is 3. The van der Waals surface area contributed by atoms with Crippen molar-refractivity contribution in [2.75, 3.05) is 7.05 Å². The van der Waals surface area contributed by atoms with Crippen LogP contribution in [0.1, 0.15) is 57.1 Å². The van der Waals surface area contributed by atoms with Crippen molar-refractivity contribution in [3.8, 4) is 0 Å². The summed E-state index contributed by atoms with van der Waals surface area (Å²) in [4.78, 5) is 12.2. The molecule has 0 saturated heterocycles. The highest BCUT2D eigenvalue weighted by atomic mass is 16.4. The summed E-state index contributed by atoms with van der Waals surface area (Å²) in [5, 5.41) is 16.7. The first-order valence-corrected chi connectivity index (χ1v) is 9.18. The summed E-state index contributed by atoms with van der Waals surface area (Å²) in [5.41, 5.74) is 1.58. The third-order valence-corrected chi connectivity index (χ3v) is 5.18. The largest absolute Gasteiger partial charge is 0.480 e. The van der Waals surface area contributed by atoms with Gasteiger partial charge in [0.25, 0.3) is 0 Å². The average molecular weight is 332 g/mol. The van der Waals surface area contributed by atoms with E-state index in [0.717, 1.165) is 37.8 Å². The van der Waals surface area contributed by atoms with Crippen LogP contribution in [-0.2, 0) is 17.9 Å². The quantitative estimate of drug-likeness (QED) is 0.647. The maximum Gasteiger partial charge on any atom is 0.324 e. The van der Waals surface area contributed by atoms with E-state index in [1.807, 2.05) is 7.05 Å². The highest BCUT2D eigenvalue weighted by Gasteiger charge is 2.46. The van der Waals surface area contributed by atoms with Gasteiger partial charge in [-0.1, -0.05) is 51.0 Å². The lowest BCUT2D eigenvalue weighted by Gasteiger charge is -2.38. The van der Waals surface area contributed by atoms with E-state index < -0.39 is 11.5 Å². The van der Waals surface area contributed by atoms with Gasteiger partial charge in [0.2, 0.25) is 0 Å². The van der Waals surface area contributed by atoms with Crippen LogP contribution in [0.25, 0.3) is 0 Å². The molecule has 0 heterocycles. The van der Waals surface area contributed by atoms with Crippen molar-refractivity contribution >= 4 is 5.97 Å². The first kappa shape index (κ1) is 18.9. The van der Waals surface area contributed by atoms with Crippen LogP contribution in [0.4, 0.5) is 0 Å². The molecule has 1 saturated carbocycles. The molecule has 0 amide bonds. The van der Waals surface area contributed by atoms with Crippen LogP contribution in [-0.4, -0.2) is 23.7 Å². The molecule has 134 valence electrons. The van der Waals surface area contributed by atoms with Crippen molar-refractivity contribution in [1.82, 2.24) is 10.6 Å².